The Balaban J connectivity index is 2.33. The number of halogens is 3. The highest BCUT2D eigenvalue weighted by Gasteiger charge is 2.12. The van der Waals surface area contributed by atoms with Gasteiger partial charge in [-0.2, -0.15) is 0 Å². The standard InChI is InChI=1S/C12H7BrCl2N2O2/c13-7-5-6(14)1-3-9(7)16-10-4-2-8(15)11(17-10)12(18)19/h1-5H,(H,16,17)(H,18,19). The van der Waals surface area contributed by atoms with Crippen molar-refractivity contribution in [3.8, 4) is 0 Å². The lowest BCUT2D eigenvalue weighted by Crippen LogP contribution is -2.04. The molecule has 0 unspecified atom stereocenters. The molecule has 2 aromatic rings. The Hall–Kier alpha value is -1.30. The first-order valence-corrected chi connectivity index (χ1v) is 6.64. The van der Waals surface area contributed by atoms with E-state index < -0.39 is 5.97 Å². The number of anilines is 2. The third kappa shape index (κ3) is 3.37. The molecule has 0 aliphatic carbocycles. The maximum Gasteiger partial charge on any atom is 0.356 e. The van der Waals surface area contributed by atoms with E-state index in [1.165, 1.54) is 6.07 Å². The predicted octanol–water partition coefficient (Wildman–Crippen LogP) is 4.59. The van der Waals surface area contributed by atoms with Crippen molar-refractivity contribution in [1.29, 1.82) is 0 Å². The zero-order chi connectivity index (χ0) is 14.0. The summed E-state index contributed by atoms with van der Waals surface area (Å²) in [5, 5.41) is 12.6. The van der Waals surface area contributed by atoms with Crippen LogP contribution in [0.25, 0.3) is 0 Å². The fourth-order valence-corrected chi connectivity index (χ4v) is 2.36. The number of aromatic carboxylic acids is 1. The fourth-order valence-electron chi connectivity index (χ4n) is 1.39. The minimum absolute atomic E-state index is 0.0909. The molecule has 7 heteroatoms. The molecule has 1 aromatic heterocycles. The normalized spacial score (nSPS) is 10.3. The molecule has 0 amide bonds. The Kier molecular flexibility index (Phi) is 4.29. The summed E-state index contributed by atoms with van der Waals surface area (Å²) in [5.74, 6) is -0.798. The lowest BCUT2D eigenvalue weighted by atomic mass is 10.3. The minimum atomic E-state index is -1.18. The van der Waals surface area contributed by atoms with Crippen LogP contribution in [0.2, 0.25) is 10.0 Å². The molecule has 0 spiro atoms. The molecule has 2 N–H and O–H groups in total. The minimum Gasteiger partial charge on any atom is -0.476 e. The van der Waals surface area contributed by atoms with Gasteiger partial charge in [0.15, 0.2) is 5.69 Å². The van der Waals surface area contributed by atoms with Crippen LogP contribution in [0.15, 0.2) is 34.8 Å². The summed E-state index contributed by atoms with van der Waals surface area (Å²) < 4.78 is 0.744. The van der Waals surface area contributed by atoms with Crippen molar-refractivity contribution >= 4 is 56.6 Å². The molecule has 0 aliphatic heterocycles. The molecular weight excluding hydrogens is 355 g/mol. The van der Waals surface area contributed by atoms with Gasteiger partial charge in [-0.15, -0.1) is 0 Å². The number of benzene rings is 1. The van der Waals surface area contributed by atoms with Crippen molar-refractivity contribution in [3.63, 3.8) is 0 Å². The monoisotopic (exact) mass is 360 g/mol. The number of aromatic nitrogens is 1. The van der Waals surface area contributed by atoms with E-state index in [1.807, 2.05) is 0 Å². The highest BCUT2D eigenvalue weighted by Crippen LogP contribution is 2.28. The zero-order valence-electron chi connectivity index (χ0n) is 9.32. The molecule has 0 bridgehead atoms. The molecule has 4 nitrogen and oxygen atoms in total. The number of hydrogen-bond donors (Lipinski definition) is 2. The molecule has 1 aromatic carbocycles. The highest BCUT2D eigenvalue weighted by atomic mass is 79.9. The lowest BCUT2D eigenvalue weighted by Gasteiger charge is -2.09. The maximum atomic E-state index is 10.9. The molecule has 2 rings (SSSR count). The SMILES string of the molecule is O=C(O)c1nc(Nc2ccc(Cl)cc2Br)ccc1Cl. The van der Waals surface area contributed by atoms with Crippen LogP contribution >= 0.6 is 39.1 Å². The summed E-state index contributed by atoms with van der Waals surface area (Å²) in [4.78, 5) is 14.9. The first-order valence-electron chi connectivity index (χ1n) is 5.09. The molecule has 0 atom stereocenters. The summed E-state index contributed by atoms with van der Waals surface area (Å²) in [7, 11) is 0. The Morgan fingerprint density at radius 3 is 2.63 bits per heavy atom. The van der Waals surface area contributed by atoms with Gasteiger partial charge in [0.2, 0.25) is 0 Å². The van der Waals surface area contributed by atoms with Crippen LogP contribution in [0.1, 0.15) is 10.5 Å². The molecule has 19 heavy (non-hydrogen) atoms. The van der Waals surface area contributed by atoms with Crippen LogP contribution < -0.4 is 5.32 Å². The van der Waals surface area contributed by atoms with E-state index in [4.69, 9.17) is 28.3 Å². The second-order valence-electron chi connectivity index (χ2n) is 3.58. The van der Waals surface area contributed by atoms with E-state index >= 15 is 0 Å². The van der Waals surface area contributed by atoms with Crippen molar-refractivity contribution in [2.45, 2.75) is 0 Å². The molecule has 98 valence electrons. The number of carboxylic acid groups (broad SMARTS) is 1. The van der Waals surface area contributed by atoms with E-state index in [0.29, 0.717) is 10.8 Å². The van der Waals surface area contributed by atoms with E-state index in [2.05, 4.69) is 26.2 Å². The van der Waals surface area contributed by atoms with Crippen LogP contribution in [0, 0.1) is 0 Å². The summed E-state index contributed by atoms with van der Waals surface area (Å²) in [6.45, 7) is 0. The number of rotatable bonds is 3. The van der Waals surface area contributed by atoms with Crippen LogP contribution in [-0.4, -0.2) is 16.1 Å². The van der Waals surface area contributed by atoms with E-state index in [9.17, 15) is 4.79 Å². The van der Waals surface area contributed by atoms with Gasteiger partial charge < -0.3 is 10.4 Å². The number of nitrogens with one attached hydrogen (secondary N) is 1. The number of carboxylic acids is 1. The second kappa shape index (κ2) is 5.77. The first kappa shape index (κ1) is 14.1. The second-order valence-corrected chi connectivity index (χ2v) is 5.28. The van der Waals surface area contributed by atoms with Crippen LogP contribution in [-0.2, 0) is 0 Å². The molecule has 0 aliphatic rings. The largest absolute Gasteiger partial charge is 0.476 e. The maximum absolute atomic E-state index is 10.9. The number of pyridine rings is 1. The van der Waals surface area contributed by atoms with Crippen molar-refractivity contribution < 1.29 is 9.90 Å². The Bertz CT molecular complexity index is 650. The summed E-state index contributed by atoms with van der Waals surface area (Å²) >= 11 is 14.9. The summed E-state index contributed by atoms with van der Waals surface area (Å²) in [6.07, 6.45) is 0. The van der Waals surface area contributed by atoms with Crippen molar-refractivity contribution in [1.82, 2.24) is 4.98 Å². The molecular formula is C12H7BrCl2N2O2. The molecule has 0 saturated carbocycles. The fraction of sp³-hybridized carbons (Fsp3) is 0. The van der Waals surface area contributed by atoms with Gasteiger partial charge in [0.05, 0.1) is 10.7 Å². The highest BCUT2D eigenvalue weighted by molar-refractivity contribution is 9.10. The molecule has 0 saturated heterocycles. The first-order chi connectivity index (χ1) is 8.97. The van der Waals surface area contributed by atoms with E-state index in [0.717, 1.165) is 10.2 Å². The van der Waals surface area contributed by atoms with Gasteiger partial charge in [-0.05, 0) is 46.3 Å². The van der Waals surface area contributed by atoms with Crippen LogP contribution in [0.5, 0.6) is 0 Å². The van der Waals surface area contributed by atoms with E-state index in [-0.39, 0.29) is 10.7 Å². The van der Waals surface area contributed by atoms with Crippen LogP contribution in [0.4, 0.5) is 11.5 Å². The Morgan fingerprint density at radius 1 is 1.26 bits per heavy atom. The smallest absolute Gasteiger partial charge is 0.356 e. The lowest BCUT2D eigenvalue weighted by molar-refractivity contribution is 0.0691. The predicted molar refractivity (Wildman–Crippen MR) is 78.6 cm³/mol. The molecule has 0 fully saturated rings. The third-order valence-corrected chi connectivity index (χ3v) is 3.44. The quantitative estimate of drug-likeness (QED) is 0.839. The van der Waals surface area contributed by atoms with Crippen molar-refractivity contribution in [2.75, 3.05) is 5.32 Å². The zero-order valence-corrected chi connectivity index (χ0v) is 12.4. The van der Waals surface area contributed by atoms with Gasteiger partial charge in [0.25, 0.3) is 0 Å². The van der Waals surface area contributed by atoms with E-state index in [1.54, 1.807) is 24.3 Å². The van der Waals surface area contributed by atoms with Gasteiger partial charge in [0.1, 0.15) is 5.82 Å². The topological polar surface area (TPSA) is 62.2 Å². The molecule has 1 heterocycles. The Labute approximate surface area is 127 Å². The summed E-state index contributed by atoms with van der Waals surface area (Å²) in [6, 6.07) is 8.25. The van der Waals surface area contributed by atoms with Gasteiger partial charge in [-0.3, -0.25) is 0 Å². The average Bonchev–Trinajstić information content (AvgIpc) is 2.34. The van der Waals surface area contributed by atoms with Crippen LogP contribution in [0.3, 0.4) is 0 Å². The Morgan fingerprint density at radius 2 is 2.00 bits per heavy atom. The van der Waals surface area contributed by atoms with Crippen molar-refractivity contribution in [2.24, 2.45) is 0 Å². The van der Waals surface area contributed by atoms with Gasteiger partial charge in [-0.25, -0.2) is 9.78 Å². The number of hydrogen-bond acceptors (Lipinski definition) is 3. The van der Waals surface area contributed by atoms with Crippen molar-refractivity contribution in [3.05, 3.63) is 50.5 Å². The van der Waals surface area contributed by atoms with Gasteiger partial charge in [-0.1, -0.05) is 23.2 Å². The summed E-state index contributed by atoms with van der Waals surface area (Å²) in [5.41, 5.74) is 0.521. The molecule has 0 radical (unpaired) electrons. The number of nitrogens with zero attached hydrogens (tertiary/aromatic N) is 1. The average molecular weight is 362 g/mol. The number of carbonyl (C=O) groups is 1. The van der Waals surface area contributed by atoms with Gasteiger partial charge in [0, 0.05) is 9.50 Å². The van der Waals surface area contributed by atoms with Gasteiger partial charge >= 0.3 is 5.97 Å². The third-order valence-electron chi connectivity index (χ3n) is 2.24.